The molecule has 1 heterocycles. The molecule has 2 atom stereocenters. The Labute approximate surface area is 132 Å². The molecule has 3 heteroatoms. The van der Waals surface area contributed by atoms with Crippen LogP contribution in [0.3, 0.4) is 0 Å². The summed E-state index contributed by atoms with van der Waals surface area (Å²) in [5.74, 6) is 0. The van der Waals surface area contributed by atoms with Gasteiger partial charge in [-0.15, -0.1) is 0 Å². The molecule has 2 aromatic rings. The molecule has 1 fully saturated rings. The molecule has 0 spiro atoms. The first kappa shape index (κ1) is 15.2. The van der Waals surface area contributed by atoms with Crippen LogP contribution in [0.4, 0.5) is 0 Å². The average molecular weight is 297 g/mol. The molecule has 3 nitrogen and oxygen atoms in total. The number of nitrogens with zero attached hydrogens (tertiary/aromatic N) is 1. The van der Waals surface area contributed by atoms with Gasteiger partial charge in [-0.25, -0.2) is 0 Å². The predicted molar refractivity (Wildman–Crippen MR) is 87.7 cm³/mol. The summed E-state index contributed by atoms with van der Waals surface area (Å²) in [5.41, 5.74) is 2.24. The van der Waals surface area contributed by atoms with Crippen molar-refractivity contribution >= 4 is 0 Å². The molecule has 1 aliphatic heterocycles. The van der Waals surface area contributed by atoms with E-state index in [0.29, 0.717) is 0 Å². The van der Waals surface area contributed by atoms with Crippen LogP contribution in [-0.4, -0.2) is 42.4 Å². The molecule has 22 heavy (non-hydrogen) atoms. The van der Waals surface area contributed by atoms with E-state index in [-0.39, 0.29) is 6.04 Å². The normalized spacial score (nSPS) is 18.8. The van der Waals surface area contributed by atoms with Crippen molar-refractivity contribution in [3.8, 4) is 0 Å². The second-order valence-corrected chi connectivity index (χ2v) is 5.76. The topological polar surface area (TPSA) is 32.7 Å². The standard InChI is InChI=1S/C19H23NO2/c21-19(17-9-5-2-6-10-17)18(20-11-13-22-14-12-20)15-16-7-3-1-4-8-16/h1-10,18-19,21H,11-15H2/t18-,19+/m1/s1. The molecule has 0 saturated carbocycles. The maximum atomic E-state index is 10.9. The number of morpholine rings is 1. The molecule has 0 radical (unpaired) electrons. The Morgan fingerprint density at radius 3 is 2.14 bits per heavy atom. The van der Waals surface area contributed by atoms with Gasteiger partial charge in [0.05, 0.1) is 19.3 Å². The summed E-state index contributed by atoms with van der Waals surface area (Å²) >= 11 is 0. The van der Waals surface area contributed by atoms with Crippen LogP contribution in [0.15, 0.2) is 60.7 Å². The van der Waals surface area contributed by atoms with Gasteiger partial charge in [0.2, 0.25) is 0 Å². The maximum Gasteiger partial charge on any atom is 0.0948 e. The van der Waals surface area contributed by atoms with Crippen molar-refractivity contribution in [1.29, 1.82) is 0 Å². The largest absolute Gasteiger partial charge is 0.387 e. The average Bonchev–Trinajstić information content (AvgIpc) is 2.61. The molecule has 1 aliphatic rings. The quantitative estimate of drug-likeness (QED) is 0.921. The summed E-state index contributed by atoms with van der Waals surface area (Å²) in [7, 11) is 0. The fourth-order valence-electron chi connectivity index (χ4n) is 3.08. The number of hydrogen-bond donors (Lipinski definition) is 1. The monoisotopic (exact) mass is 297 g/mol. The van der Waals surface area contributed by atoms with E-state index in [1.165, 1.54) is 5.56 Å². The first-order chi connectivity index (χ1) is 10.8. The van der Waals surface area contributed by atoms with Crippen LogP contribution in [0, 0.1) is 0 Å². The number of rotatable bonds is 5. The Balaban J connectivity index is 1.81. The molecule has 0 unspecified atom stereocenters. The van der Waals surface area contributed by atoms with Gasteiger partial charge < -0.3 is 9.84 Å². The van der Waals surface area contributed by atoms with Gasteiger partial charge in [-0.3, -0.25) is 4.90 Å². The summed E-state index contributed by atoms with van der Waals surface area (Å²) in [4.78, 5) is 2.36. The molecule has 1 N–H and O–H groups in total. The fraction of sp³-hybridized carbons (Fsp3) is 0.368. The van der Waals surface area contributed by atoms with Crippen molar-refractivity contribution in [2.75, 3.05) is 26.3 Å². The lowest BCUT2D eigenvalue weighted by atomic mass is 9.94. The third kappa shape index (κ3) is 3.74. The van der Waals surface area contributed by atoms with Crippen LogP contribution in [0.2, 0.25) is 0 Å². The molecule has 3 rings (SSSR count). The van der Waals surface area contributed by atoms with Crippen molar-refractivity contribution < 1.29 is 9.84 Å². The van der Waals surface area contributed by atoms with Gasteiger partial charge in [0.15, 0.2) is 0 Å². The minimum atomic E-state index is -0.487. The smallest absolute Gasteiger partial charge is 0.0948 e. The van der Waals surface area contributed by atoms with Crippen LogP contribution in [0.25, 0.3) is 0 Å². The lowest BCUT2D eigenvalue weighted by Gasteiger charge is -2.37. The van der Waals surface area contributed by atoms with E-state index in [0.717, 1.165) is 38.3 Å². The van der Waals surface area contributed by atoms with Gasteiger partial charge in [0.1, 0.15) is 0 Å². The summed E-state index contributed by atoms with van der Waals surface area (Å²) in [6, 6.07) is 20.4. The van der Waals surface area contributed by atoms with Crippen molar-refractivity contribution in [3.63, 3.8) is 0 Å². The van der Waals surface area contributed by atoms with Crippen molar-refractivity contribution in [2.45, 2.75) is 18.6 Å². The predicted octanol–water partition coefficient (Wildman–Crippen LogP) is 2.66. The van der Waals surface area contributed by atoms with Gasteiger partial charge in [-0.1, -0.05) is 60.7 Å². The Morgan fingerprint density at radius 2 is 1.50 bits per heavy atom. The molecule has 0 bridgehead atoms. The van der Waals surface area contributed by atoms with Crippen LogP contribution in [-0.2, 0) is 11.2 Å². The van der Waals surface area contributed by atoms with E-state index in [1.54, 1.807) is 0 Å². The van der Waals surface area contributed by atoms with Crippen molar-refractivity contribution in [3.05, 3.63) is 71.8 Å². The number of aliphatic hydroxyl groups excluding tert-OH is 1. The highest BCUT2D eigenvalue weighted by molar-refractivity contribution is 5.22. The minimum Gasteiger partial charge on any atom is -0.387 e. The summed E-state index contributed by atoms with van der Waals surface area (Å²) in [6.07, 6.45) is 0.358. The highest BCUT2D eigenvalue weighted by Crippen LogP contribution is 2.25. The van der Waals surface area contributed by atoms with E-state index in [1.807, 2.05) is 36.4 Å². The number of benzene rings is 2. The molecular weight excluding hydrogens is 274 g/mol. The van der Waals surface area contributed by atoms with E-state index < -0.39 is 6.10 Å². The first-order valence-corrected chi connectivity index (χ1v) is 7.93. The zero-order valence-electron chi connectivity index (χ0n) is 12.8. The van der Waals surface area contributed by atoms with Gasteiger partial charge in [-0.2, -0.15) is 0 Å². The van der Waals surface area contributed by atoms with Crippen LogP contribution < -0.4 is 0 Å². The lowest BCUT2D eigenvalue weighted by molar-refractivity contribution is -0.0224. The Bertz CT molecular complexity index is 552. The molecule has 0 aliphatic carbocycles. The Hall–Kier alpha value is -1.68. The summed E-state index contributed by atoms with van der Waals surface area (Å²) in [6.45, 7) is 3.24. The fourth-order valence-corrected chi connectivity index (χ4v) is 3.08. The molecular formula is C19H23NO2. The van der Waals surface area contributed by atoms with Gasteiger partial charge in [-0.05, 0) is 17.5 Å². The summed E-state index contributed by atoms with van der Waals surface area (Å²) < 4.78 is 5.46. The second-order valence-electron chi connectivity index (χ2n) is 5.76. The van der Waals surface area contributed by atoms with E-state index in [4.69, 9.17) is 4.74 Å². The Kier molecular flexibility index (Phi) is 5.22. The van der Waals surface area contributed by atoms with E-state index in [2.05, 4.69) is 29.2 Å². The van der Waals surface area contributed by atoms with Gasteiger partial charge in [0, 0.05) is 19.1 Å². The van der Waals surface area contributed by atoms with E-state index in [9.17, 15) is 5.11 Å². The van der Waals surface area contributed by atoms with Crippen LogP contribution in [0.1, 0.15) is 17.2 Å². The maximum absolute atomic E-state index is 10.9. The van der Waals surface area contributed by atoms with E-state index >= 15 is 0 Å². The lowest BCUT2D eigenvalue weighted by Crippen LogP contribution is -2.47. The molecule has 116 valence electrons. The highest BCUT2D eigenvalue weighted by atomic mass is 16.5. The zero-order chi connectivity index (χ0) is 15.2. The molecule has 1 saturated heterocycles. The SMILES string of the molecule is O[C@@H](c1ccccc1)[C@@H](Cc1ccccc1)N1CCOCC1. The third-order valence-corrected chi connectivity index (χ3v) is 4.31. The molecule has 0 aromatic heterocycles. The van der Waals surface area contributed by atoms with Crippen molar-refractivity contribution in [1.82, 2.24) is 4.90 Å². The first-order valence-electron chi connectivity index (χ1n) is 7.93. The minimum absolute atomic E-state index is 0.0775. The highest BCUT2D eigenvalue weighted by Gasteiger charge is 2.28. The molecule has 2 aromatic carbocycles. The number of ether oxygens (including phenoxy) is 1. The van der Waals surface area contributed by atoms with Crippen molar-refractivity contribution in [2.24, 2.45) is 0 Å². The second kappa shape index (κ2) is 7.54. The Morgan fingerprint density at radius 1 is 0.909 bits per heavy atom. The third-order valence-electron chi connectivity index (χ3n) is 4.31. The number of aliphatic hydroxyl groups is 1. The zero-order valence-corrected chi connectivity index (χ0v) is 12.8. The van der Waals surface area contributed by atoms with Gasteiger partial charge in [0.25, 0.3) is 0 Å². The van der Waals surface area contributed by atoms with Gasteiger partial charge >= 0.3 is 0 Å². The molecule has 0 amide bonds. The number of hydrogen-bond acceptors (Lipinski definition) is 3. The summed E-state index contributed by atoms with van der Waals surface area (Å²) in [5, 5.41) is 10.9. The van der Waals surface area contributed by atoms with Crippen LogP contribution in [0.5, 0.6) is 0 Å². The van der Waals surface area contributed by atoms with Crippen LogP contribution >= 0.6 is 0 Å².